The molecule has 2 aliphatic heterocycles. The summed E-state index contributed by atoms with van der Waals surface area (Å²) < 4.78 is 17.6. The molecule has 6 rings (SSSR count). The second-order valence-electron chi connectivity index (χ2n) is 14.6. The Bertz CT molecular complexity index is 1820. The highest BCUT2D eigenvalue weighted by Gasteiger charge is 2.61. The van der Waals surface area contributed by atoms with Crippen molar-refractivity contribution in [2.45, 2.75) is 95.0 Å². The van der Waals surface area contributed by atoms with Gasteiger partial charge in [-0.05, 0) is 58.6 Å². The average Bonchev–Trinajstić information content (AvgIpc) is 3.63. The largest absolute Gasteiger partial charge is 0.497 e. The van der Waals surface area contributed by atoms with Crippen LogP contribution in [-0.2, 0) is 19.1 Å². The van der Waals surface area contributed by atoms with Crippen molar-refractivity contribution in [2.75, 3.05) is 13.7 Å². The average molecular weight is 699 g/mol. The number of carboxylic acid groups (broad SMARTS) is 1. The second-order valence-corrected chi connectivity index (χ2v) is 14.6. The number of carboxylic acids is 1. The van der Waals surface area contributed by atoms with Gasteiger partial charge in [0.05, 0.1) is 24.9 Å². The maximum absolute atomic E-state index is 14.4. The number of ether oxygens (including phenoxy) is 3. The third kappa shape index (κ3) is 8.10. The van der Waals surface area contributed by atoms with E-state index in [1.165, 1.54) is 4.90 Å². The van der Waals surface area contributed by atoms with E-state index in [9.17, 15) is 24.3 Å². The number of carbonyl (C=O) groups is 4. The van der Waals surface area contributed by atoms with Gasteiger partial charge in [-0.15, -0.1) is 0 Å². The second kappa shape index (κ2) is 14.6. The molecule has 1 aliphatic carbocycles. The van der Waals surface area contributed by atoms with Gasteiger partial charge >= 0.3 is 12.1 Å². The van der Waals surface area contributed by atoms with Crippen LogP contribution in [0.3, 0.4) is 0 Å². The number of aromatic nitrogens is 1. The van der Waals surface area contributed by atoms with Crippen molar-refractivity contribution < 1.29 is 38.5 Å². The third-order valence-corrected chi connectivity index (χ3v) is 9.65. The number of methoxy groups -OCH3 is 1. The summed E-state index contributed by atoms with van der Waals surface area (Å²) in [6.07, 6.45) is 6.22. The zero-order valence-corrected chi connectivity index (χ0v) is 29.5. The molecular formula is C39H46N4O8. The van der Waals surface area contributed by atoms with E-state index in [1.807, 2.05) is 66.7 Å². The van der Waals surface area contributed by atoms with Gasteiger partial charge in [0.25, 0.3) is 0 Å². The number of amides is 3. The first-order chi connectivity index (χ1) is 24.4. The lowest BCUT2D eigenvalue weighted by Crippen LogP contribution is -2.56. The van der Waals surface area contributed by atoms with Crippen molar-refractivity contribution in [3.05, 3.63) is 66.7 Å². The number of aliphatic carboxylic acids is 1. The summed E-state index contributed by atoms with van der Waals surface area (Å²) in [5.41, 5.74) is -0.0312. The number of nitrogens with zero attached hydrogens (tertiary/aromatic N) is 2. The van der Waals surface area contributed by atoms with Crippen molar-refractivity contribution in [2.24, 2.45) is 5.92 Å². The molecule has 51 heavy (non-hydrogen) atoms. The molecule has 1 saturated carbocycles. The number of nitrogens with one attached hydrogen (secondary N) is 2. The predicted octanol–water partition coefficient (Wildman–Crippen LogP) is 5.63. The van der Waals surface area contributed by atoms with Crippen LogP contribution in [-0.4, -0.2) is 81.8 Å². The number of fused-ring (bicyclic) bond motifs is 3. The van der Waals surface area contributed by atoms with Crippen molar-refractivity contribution in [1.82, 2.24) is 20.5 Å². The van der Waals surface area contributed by atoms with Crippen LogP contribution in [0.5, 0.6) is 11.5 Å². The summed E-state index contributed by atoms with van der Waals surface area (Å²) in [5, 5.41) is 16.5. The number of hydrogen-bond donors (Lipinski definition) is 3. The minimum absolute atomic E-state index is 0.0352. The van der Waals surface area contributed by atoms with Gasteiger partial charge in [-0.3, -0.25) is 9.59 Å². The number of benzene rings is 2. The molecule has 3 heterocycles. The van der Waals surface area contributed by atoms with E-state index in [2.05, 4.69) is 10.6 Å². The Balaban J connectivity index is 1.34. The van der Waals surface area contributed by atoms with Gasteiger partial charge in [0.15, 0.2) is 0 Å². The zero-order valence-electron chi connectivity index (χ0n) is 29.5. The van der Waals surface area contributed by atoms with Crippen molar-refractivity contribution in [3.63, 3.8) is 0 Å². The van der Waals surface area contributed by atoms with E-state index < -0.39 is 53.2 Å². The van der Waals surface area contributed by atoms with E-state index in [0.717, 1.165) is 30.2 Å². The molecule has 12 nitrogen and oxygen atoms in total. The Morgan fingerprint density at radius 3 is 2.57 bits per heavy atom. The van der Waals surface area contributed by atoms with Crippen molar-refractivity contribution in [3.8, 4) is 22.8 Å². The summed E-state index contributed by atoms with van der Waals surface area (Å²) in [4.78, 5) is 60.2. The van der Waals surface area contributed by atoms with Gasteiger partial charge in [0.1, 0.15) is 40.8 Å². The Labute approximate surface area is 297 Å². The van der Waals surface area contributed by atoms with E-state index in [1.54, 1.807) is 27.9 Å². The summed E-state index contributed by atoms with van der Waals surface area (Å²) >= 11 is 0. The van der Waals surface area contributed by atoms with Gasteiger partial charge < -0.3 is 34.9 Å². The van der Waals surface area contributed by atoms with Crippen LogP contribution in [0.1, 0.15) is 65.7 Å². The van der Waals surface area contributed by atoms with Gasteiger partial charge in [-0.25, -0.2) is 14.6 Å². The van der Waals surface area contributed by atoms with Crippen LogP contribution >= 0.6 is 0 Å². The quantitative estimate of drug-likeness (QED) is 0.278. The van der Waals surface area contributed by atoms with Crippen LogP contribution in [0, 0.1) is 5.92 Å². The number of allylic oxidation sites excluding steroid dienone is 1. The number of hydrogen-bond acceptors (Lipinski definition) is 8. The summed E-state index contributed by atoms with van der Waals surface area (Å²) in [5.74, 6) is -1.35. The maximum atomic E-state index is 14.4. The molecule has 2 unspecified atom stereocenters. The fourth-order valence-electron chi connectivity index (χ4n) is 6.93. The highest BCUT2D eigenvalue weighted by Crippen LogP contribution is 2.45. The van der Waals surface area contributed by atoms with Crippen LogP contribution in [0.2, 0.25) is 0 Å². The molecule has 0 radical (unpaired) electrons. The molecule has 3 aliphatic rings. The normalized spacial score (nSPS) is 26.1. The molecular weight excluding hydrogens is 652 g/mol. The number of alkyl carbamates (subject to hydrolysis) is 1. The topological polar surface area (TPSA) is 156 Å². The molecule has 0 bridgehead atoms. The Kier molecular flexibility index (Phi) is 10.2. The Hall–Kier alpha value is -5.13. The molecule has 1 aromatic heterocycles. The molecule has 2 fully saturated rings. The van der Waals surface area contributed by atoms with E-state index in [0.29, 0.717) is 35.6 Å². The molecule has 270 valence electrons. The molecule has 0 spiro atoms. The molecule has 3 N–H and O–H groups in total. The molecule has 12 heteroatoms. The van der Waals surface area contributed by atoms with Crippen molar-refractivity contribution >= 4 is 34.8 Å². The fourth-order valence-corrected chi connectivity index (χ4v) is 6.93. The molecule has 5 atom stereocenters. The number of rotatable bonds is 6. The molecule has 3 aromatic rings. The summed E-state index contributed by atoms with van der Waals surface area (Å²) in [7, 11) is 1.58. The molecule has 1 saturated heterocycles. The summed E-state index contributed by atoms with van der Waals surface area (Å²) in [6, 6.07) is 15.0. The van der Waals surface area contributed by atoms with Crippen LogP contribution in [0.4, 0.5) is 4.79 Å². The Morgan fingerprint density at radius 2 is 1.84 bits per heavy atom. The van der Waals surface area contributed by atoms with Gasteiger partial charge in [0.2, 0.25) is 11.8 Å². The third-order valence-electron chi connectivity index (χ3n) is 9.65. The first-order valence-corrected chi connectivity index (χ1v) is 17.6. The minimum Gasteiger partial charge on any atom is -0.497 e. The highest BCUT2D eigenvalue weighted by atomic mass is 16.6. The lowest BCUT2D eigenvalue weighted by molar-refractivity contribution is -0.145. The fraction of sp³-hybridized carbons (Fsp3) is 0.462. The van der Waals surface area contributed by atoms with Crippen LogP contribution in [0.15, 0.2) is 66.7 Å². The van der Waals surface area contributed by atoms with Crippen LogP contribution in [0.25, 0.3) is 22.2 Å². The van der Waals surface area contributed by atoms with Crippen molar-refractivity contribution in [1.29, 1.82) is 0 Å². The summed E-state index contributed by atoms with van der Waals surface area (Å²) in [6.45, 7) is 5.26. The SMILES string of the molecule is COc1ccc2c(OC3C[C@H]4C(=O)NC5(C(=O)O)C[C@H]5/C=C\CCCCC[C@H](NC(=O)OC(C)(C)C)C(=O)N4C3)cc(-c3ccccc3)nc2c1. The first-order valence-electron chi connectivity index (χ1n) is 17.6. The highest BCUT2D eigenvalue weighted by molar-refractivity contribution is 5.96. The smallest absolute Gasteiger partial charge is 0.408 e. The molecule has 3 amide bonds. The van der Waals surface area contributed by atoms with E-state index >= 15 is 0 Å². The molecule has 2 aromatic carbocycles. The lowest BCUT2D eigenvalue weighted by Gasteiger charge is -2.30. The number of carbonyl (C=O) groups excluding carboxylic acids is 3. The first kappa shape index (κ1) is 35.7. The van der Waals surface area contributed by atoms with Gasteiger partial charge in [-0.2, -0.15) is 0 Å². The lowest BCUT2D eigenvalue weighted by atomic mass is 10.0. The maximum Gasteiger partial charge on any atom is 0.408 e. The predicted molar refractivity (Wildman–Crippen MR) is 190 cm³/mol. The van der Waals surface area contributed by atoms with Gasteiger partial charge in [-0.1, -0.05) is 55.3 Å². The Morgan fingerprint density at radius 1 is 1.06 bits per heavy atom. The minimum atomic E-state index is -1.44. The monoisotopic (exact) mass is 698 g/mol. The standard InChI is InChI=1S/C39H46N4O8/c1-38(2,3)51-37(48)41-29-16-12-7-5-6-11-15-25-22-39(25,36(46)47)42-34(44)32-20-27(23-43(32)35(29)45)50-33-21-30(24-13-9-8-10-14-24)40-31-19-26(49-4)17-18-28(31)33/h8-11,13-15,17-19,21,25,27,29,32H,5-7,12,16,20,22-23H2,1-4H3,(H,41,48)(H,42,44)(H,46,47)/b15-11-/t25-,27?,29+,32+,39?/m1/s1. The van der Waals surface area contributed by atoms with Gasteiger partial charge in [0, 0.05) is 35.4 Å². The zero-order chi connectivity index (χ0) is 36.3. The number of pyridine rings is 1. The van der Waals surface area contributed by atoms with E-state index in [4.69, 9.17) is 19.2 Å². The van der Waals surface area contributed by atoms with Crippen LogP contribution < -0.4 is 20.1 Å². The van der Waals surface area contributed by atoms with E-state index in [-0.39, 0.29) is 25.3 Å².